The Morgan fingerprint density at radius 3 is 2.95 bits per heavy atom. The van der Waals surface area contributed by atoms with Gasteiger partial charge in [-0.1, -0.05) is 6.07 Å². The average Bonchev–Trinajstić information content (AvgIpc) is 2.93. The van der Waals surface area contributed by atoms with Gasteiger partial charge >= 0.3 is 0 Å². The highest BCUT2D eigenvalue weighted by molar-refractivity contribution is 5.98. The summed E-state index contributed by atoms with van der Waals surface area (Å²) in [5.74, 6) is -0.164. The van der Waals surface area contributed by atoms with Crippen molar-refractivity contribution in [3.8, 4) is 0 Å². The second-order valence-corrected chi connectivity index (χ2v) is 4.58. The maximum absolute atomic E-state index is 11.9. The summed E-state index contributed by atoms with van der Waals surface area (Å²) in [5.41, 5.74) is 1.21. The third-order valence-corrected chi connectivity index (χ3v) is 3.11. The molecule has 1 aromatic carbocycles. The number of carbonyl (C=O) groups is 2. The Morgan fingerprint density at radius 2 is 2.26 bits per heavy atom. The van der Waals surface area contributed by atoms with Crippen molar-refractivity contribution in [2.24, 2.45) is 0 Å². The summed E-state index contributed by atoms with van der Waals surface area (Å²) >= 11 is 0. The molecule has 1 atom stereocenters. The zero-order valence-electron chi connectivity index (χ0n) is 11.0. The van der Waals surface area contributed by atoms with Crippen molar-refractivity contribution in [2.75, 3.05) is 18.4 Å². The molecule has 1 fully saturated rings. The van der Waals surface area contributed by atoms with Gasteiger partial charge in [0.05, 0.1) is 6.04 Å². The van der Waals surface area contributed by atoms with Gasteiger partial charge in [0, 0.05) is 17.8 Å². The minimum Gasteiger partial charge on any atom is -0.352 e. The zero-order valence-corrected chi connectivity index (χ0v) is 11.0. The molecule has 0 bridgehead atoms. The molecule has 3 N–H and O–H groups in total. The SMILES string of the molecule is CCNC(=O)c1cccc(NC(=O)[C@@H]2CCCN2)c1. The Kier molecular flexibility index (Phi) is 4.52. The van der Waals surface area contributed by atoms with Crippen LogP contribution in [0.2, 0.25) is 0 Å². The Hall–Kier alpha value is -1.88. The molecule has 102 valence electrons. The van der Waals surface area contributed by atoms with Gasteiger partial charge in [-0.3, -0.25) is 9.59 Å². The molecular formula is C14H19N3O2. The summed E-state index contributed by atoms with van der Waals surface area (Å²) in [5, 5.41) is 8.72. The first-order chi connectivity index (χ1) is 9.20. The van der Waals surface area contributed by atoms with E-state index in [9.17, 15) is 9.59 Å². The Balaban J connectivity index is 2.02. The van der Waals surface area contributed by atoms with Crippen molar-refractivity contribution in [3.05, 3.63) is 29.8 Å². The van der Waals surface area contributed by atoms with E-state index in [1.54, 1.807) is 24.3 Å². The van der Waals surface area contributed by atoms with Crippen LogP contribution in [0.3, 0.4) is 0 Å². The monoisotopic (exact) mass is 261 g/mol. The second kappa shape index (κ2) is 6.33. The third kappa shape index (κ3) is 3.54. The molecule has 5 nitrogen and oxygen atoms in total. The standard InChI is InChI=1S/C14H19N3O2/c1-2-15-13(18)10-5-3-6-11(9-10)17-14(19)12-7-4-8-16-12/h3,5-6,9,12,16H,2,4,7-8H2,1H3,(H,15,18)(H,17,19)/t12-/m0/s1. The fourth-order valence-electron chi connectivity index (χ4n) is 2.14. The van der Waals surface area contributed by atoms with Gasteiger partial charge in [-0.05, 0) is 44.5 Å². The molecule has 0 aromatic heterocycles. The number of benzene rings is 1. The number of anilines is 1. The van der Waals surface area contributed by atoms with Crippen LogP contribution in [0.25, 0.3) is 0 Å². The minimum absolute atomic E-state index is 0.0365. The average molecular weight is 261 g/mol. The van der Waals surface area contributed by atoms with Crippen LogP contribution in [0.15, 0.2) is 24.3 Å². The van der Waals surface area contributed by atoms with Crippen LogP contribution in [-0.4, -0.2) is 30.9 Å². The van der Waals surface area contributed by atoms with Gasteiger partial charge in [0.25, 0.3) is 5.91 Å². The normalized spacial score (nSPS) is 18.1. The van der Waals surface area contributed by atoms with Crippen molar-refractivity contribution in [1.29, 1.82) is 0 Å². The second-order valence-electron chi connectivity index (χ2n) is 4.58. The third-order valence-electron chi connectivity index (χ3n) is 3.11. The van der Waals surface area contributed by atoms with Crippen LogP contribution in [0.4, 0.5) is 5.69 Å². The first kappa shape index (κ1) is 13.5. The smallest absolute Gasteiger partial charge is 0.251 e. The molecule has 1 heterocycles. The molecule has 19 heavy (non-hydrogen) atoms. The molecule has 1 aromatic rings. The fourth-order valence-corrected chi connectivity index (χ4v) is 2.14. The number of rotatable bonds is 4. The van der Waals surface area contributed by atoms with Crippen molar-refractivity contribution < 1.29 is 9.59 Å². The fraction of sp³-hybridized carbons (Fsp3) is 0.429. The van der Waals surface area contributed by atoms with E-state index in [0.29, 0.717) is 17.8 Å². The highest BCUT2D eigenvalue weighted by Crippen LogP contribution is 2.13. The van der Waals surface area contributed by atoms with Gasteiger partial charge < -0.3 is 16.0 Å². The van der Waals surface area contributed by atoms with Gasteiger partial charge in [0.15, 0.2) is 0 Å². The van der Waals surface area contributed by atoms with E-state index in [1.807, 2.05) is 6.92 Å². The van der Waals surface area contributed by atoms with Crippen molar-refractivity contribution >= 4 is 17.5 Å². The number of amides is 2. The van der Waals surface area contributed by atoms with Gasteiger partial charge in [-0.2, -0.15) is 0 Å². The van der Waals surface area contributed by atoms with E-state index in [2.05, 4.69) is 16.0 Å². The summed E-state index contributed by atoms with van der Waals surface area (Å²) < 4.78 is 0. The molecule has 0 aliphatic carbocycles. The quantitative estimate of drug-likeness (QED) is 0.761. The van der Waals surface area contributed by atoms with Gasteiger partial charge in [-0.25, -0.2) is 0 Å². The predicted octanol–water partition coefficient (Wildman–Crippen LogP) is 1.13. The molecular weight excluding hydrogens is 242 g/mol. The maximum Gasteiger partial charge on any atom is 0.251 e. The first-order valence-corrected chi connectivity index (χ1v) is 6.63. The number of hydrogen-bond acceptors (Lipinski definition) is 3. The lowest BCUT2D eigenvalue weighted by Crippen LogP contribution is -2.35. The molecule has 5 heteroatoms. The lowest BCUT2D eigenvalue weighted by atomic mass is 10.1. The minimum atomic E-state index is -0.127. The summed E-state index contributed by atoms with van der Waals surface area (Å²) in [6, 6.07) is 6.86. The molecule has 0 saturated carbocycles. The van der Waals surface area contributed by atoms with Crippen molar-refractivity contribution in [3.63, 3.8) is 0 Å². The van der Waals surface area contributed by atoms with Crippen LogP contribution < -0.4 is 16.0 Å². The van der Waals surface area contributed by atoms with Crippen LogP contribution in [0, 0.1) is 0 Å². The number of carbonyl (C=O) groups excluding carboxylic acids is 2. The first-order valence-electron chi connectivity index (χ1n) is 6.63. The lowest BCUT2D eigenvalue weighted by Gasteiger charge is -2.11. The molecule has 2 rings (SSSR count). The van der Waals surface area contributed by atoms with Crippen LogP contribution >= 0.6 is 0 Å². The van der Waals surface area contributed by atoms with E-state index in [4.69, 9.17) is 0 Å². The zero-order chi connectivity index (χ0) is 13.7. The Labute approximate surface area is 112 Å². The predicted molar refractivity (Wildman–Crippen MR) is 74.1 cm³/mol. The maximum atomic E-state index is 11.9. The molecule has 2 amide bonds. The Morgan fingerprint density at radius 1 is 1.42 bits per heavy atom. The number of hydrogen-bond donors (Lipinski definition) is 3. The molecule has 1 aliphatic heterocycles. The molecule has 0 radical (unpaired) electrons. The Bertz CT molecular complexity index is 468. The summed E-state index contributed by atoms with van der Waals surface area (Å²) in [6.07, 6.45) is 1.89. The van der Waals surface area contributed by atoms with E-state index in [-0.39, 0.29) is 17.9 Å². The van der Waals surface area contributed by atoms with Crippen LogP contribution in [0.1, 0.15) is 30.1 Å². The largest absolute Gasteiger partial charge is 0.352 e. The van der Waals surface area contributed by atoms with Crippen LogP contribution in [0.5, 0.6) is 0 Å². The molecule has 1 aliphatic rings. The van der Waals surface area contributed by atoms with Gasteiger partial charge in [-0.15, -0.1) is 0 Å². The number of nitrogens with one attached hydrogen (secondary N) is 3. The summed E-state index contributed by atoms with van der Waals surface area (Å²) in [6.45, 7) is 3.34. The van der Waals surface area contributed by atoms with E-state index >= 15 is 0 Å². The van der Waals surface area contributed by atoms with E-state index < -0.39 is 0 Å². The van der Waals surface area contributed by atoms with Crippen LogP contribution in [-0.2, 0) is 4.79 Å². The topological polar surface area (TPSA) is 70.2 Å². The van der Waals surface area contributed by atoms with Gasteiger partial charge in [0.2, 0.25) is 5.91 Å². The van der Waals surface area contributed by atoms with Gasteiger partial charge in [0.1, 0.15) is 0 Å². The highest BCUT2D eigenvalue weighted by atomic mass is 16.2. The summed E-state index contributed by atoms with van der Waals surface area (Å²) in [7, 11) is 0. The van der Waals surface area contributed by atoms with Crippen molar-refractivity contribution in [1.82, 2.24) is 10.6 Å². The lowest BCUT2D eigenvalue weighted by molar-refractivity contribution is -0.117. The molecule has 1 saturated heterocycles. The summed E-state index contributed by atoms with van der Waals surface area (Å²) in [4.78, 5) is 23.7. The molecule has 0 spiro atoms. The highest BCUT2D eigenvalue weighted by Gasteiger charge is 2.21. The van der Waals surface area contributed by atoms with Crippen molar-refractivity contribution in [2.45, 2.75) is 25.8 Å². The van der Waals surface area contributed by atoms with E-state index in [1.165, 1.54) is 0 Å². The van der Waals surface area contributed by atoms with E-state index in [0.717, 1.165) is 19.4 Å². The molecule has 0 unspecified atom stereocenters.